The number of imidazole rings is 1. The van der Waals surface area contributed by atoms with E-state index in [1.165, 1.54) is 12.8 Å². The van der Waals surface area contributed by atoms with Crippen LogP contribution >= 0.6 is 0 Å². The molecule has 29 heavy (non-hydrogen) atoms. The van der Waals surface area contributed by atoms with Gasteiger partial charge in [-0.15, -0.1) is 0 Å². The second kappa shape index (κ2) is 8.97. The Kier molecular flexibility index (Phi) is 6.16. The topological polar surface area (TPSA) is 96.5 Å². The lowest BCUT2D eigenvalue weighted by molar-refractivity contribution is -0.173. The highest BCUT2D eigenvalue weighted by Gasteiger charge is 2.43. The van der Waals surface area contributed by atoms with Gasteiger partial charge in [0.25, 0.3) is 5.91 Å². The Hall–Kier alpha value is -2.38. The number of benzene rings is 1. The van der Waals surface area contributed by atoms with Crippen molar-refractivity contribution in [2.24, 2.45) is 17.8 Å². The number of aromatic nitrogens is 2. The van der Waals surface area contributed by atoms with E-state index in [1.807, 2.05) is 37.3 Å². The molecule has 2 aliphatic rings. The van der Waals surface area contributed by atoms with Gasteiger partial charge in [0, 0.05) is 19.1 Å². The zero-order valence-corrected chi connectivity index (χ0v) is 16.8. The zero-order chi connectivity index (χ0) is 20.2. The summed E-state index contributed by atoms with van der Waals surface area (Å²) in [5, 5.41) is 12.2. The third-order valence-electron chi connectivity index (χ3n) is 5.70. The van der Waals surface area contributed by atoms with Crippen molar-refractivity contribution in [3.05, 3.63) is 41.9 Å². The number of H-pyrrole nitrogens is 1. The number of fused-ring (bicyclic) bond motifs is 1. The van der Waals surface area contributed by atoms with Crippen molar-refractivity contribution in [3.8, 4) is 0 Å². The van der Waals surface area contributed by atoms with Crippen molar-refractivity contribution in [1.82, 2.24) is 15.3 Å². The Morgan fingerprint density at radius 2 is 2.21 bits per heavy atom. The van der Waals surface area contributed by atoms with Gasteiger partial charge in [-0.2, -0.15) is 0 Å². The van der Waals surface area contributed by atoms with Gasteiger partial charge in [0.15, 0.2) is 5.76 Å². The fourth-order valence-electron chi connectivity index (χ4n) is 4.15. The molecule has 0 unspecified atom stereocenters. The number of nitrogens with one attached hydrogen (secondary N) is 2. The summed E-state index contributed by atoms with van der Waals surface area (Å²) in [5.74, 6) is 1.78. The summed E-state index contributed by atoms with van der Waals surface area (Å²) in [7, 11) is 0. The fourth-order valence-corrected chi connectivity index (χ4v) is 4.15. The fraction of sp³-hybridized carbons (Fsp3) is 0.545. The molecule has 4 rings (SSSR count). The Morgan fingerprint density at radius 3 is 2.93 bits per heavy atom. The summed E-state index contributed by atoms with van der Waals surface area (Å²) in [6, 6.07) is 7.78. The molecule has 0 bridgehead atoms. The van der Waals surface area contributed by atoms with Crippen LogP contribution in [0.2, 0.25) is 0 Å². The smallest absolute Gasteiger partial charge is 0.286 e. The molecule has 1 fully saturated rings. The lowest BCUT2D eigenvalue weighted by Crippen LogP contribution is -2.40. The van der Waals surface area contributed by atoms with Crippen molar-refractivity contribution in [1.29, 1.82) is 0 Å². The van der Waals surface area contributed by atoms with Gasteiger partial charge >= 0.3 is 0 Å². The van der Waals surface area contributed by atoms with Crippen LogP contribution in [0.15, 0.2) is 36.1 Å². The Labute approximate surface area is 170 Å². The van der Waals surface area contributed by atoms with Crippen molar-refractivity contribution in [2.45, 2.75) is 45.4 Å². The third kappa shape index (κ3) is 4.62. The van der Waals surface area contributed by atoms with E-state index in [0.29, 0.717) is 37.1 Å². The lowest BCUT2D eigenvalue weighted by Gasteiger charge is -2.37. The highest BCUT2D eigenvalue weighted by atomic mass is 16.7. The molecular weight excluding hydrogens is 370 g/mol. The van der Waals surface area contributed by atoms with Gasteiger partial charge in [-0.3, -0.25) is 4.79 Å². The molecule has 2 aromatic rings. The number of amides is 1. The van der Waals surface area contributed by atoms with Crippen LogP contribution in [0.3, 0.4) is 0 Å². The number of rotatable bonds is 9. The van der Waals surface area contributed by atoms with Crippen LogP contribution in [-0.2, 0) is 20.8 Å². The first-order valence-electron chi connectivity index (χ1n) is 10.5. The number of carbonyl (C=O) groups is 1. The van der Waals surface area contributed by atoms with E-state index in [-0.39, 0.29) is 24.3 Å². The molecule has 1 saturated carbocycles. The molecule has 0 radical (unpaired) electrons. The maximum absolute atomic E-state index is 12.8. The lowest BCUT2D eigenvalue weighted by atomic mass is 9.82. The van der Waals surface area contributed by atoms with Crippen LogP contribution in [0.1, 0.15) is 38.4 Å². The highest BCUT2D eigenvalue weighted by molar-refractivity contribution is 5.91. The number of para-hydroxylation sites is 2. The van der Waals surface area contributed by atoms with Crippen LogP contribution in [0.5, 0.6) is 0 Å². The number of hydrogen-bond acceptors (Lipinski definition) is 5. The normalized spacial score (nSPS) is 24.2. The van der Waals surface area contributed by atoms with Gasteiger partial charge in [0.2, 0.25) is 6.29 Å². The number of aliphatic hydroxyl groups excluding tert-OH is 1. The van der Waals surface area contributed by atoms with Crippen LogP contribution in [-0.4, -0.2) is 40.5 Å². The van der Waals surface area contributed by atoms with Crippen molar-refractivity contribution < 1.29 is 19.4 Å². The van der Waals surface area contributed by atoms with E-state index in [4.69, 9.17) is 9.47 Å². The summed E-state index contributed by atoms with van der Waals surface area (Å²) >= 11 is 0. The monoisotopic (exact) mass is 399 g/mol. The van der Waals surface area contributed by atoms with Crippen LogP contribution in [0.25, 0.3) is 11.0 Å². The molecule has 1 aliphatic carbocycles. The summed E-state index contributed by atoms with van der Waals surface area (Å²) < 4.78 is 11.8. The maximum atomic E-state index is 12.8. The molecule has 1 aromatic carbocycles. The van der Waals surface area contributed by atoms with Gasteiger partial charge in [0.1, 0.15) is 5.82 Å². The van der Waals surface area contributed by atoms with Crippen molar-refractivity contribution >= 4 is 16.9 Å². The first-order chi connectivity index (χ1) is 14.2. The Bertz CT molecular complexity index is 841. The molecule has 7 heteroatoms. The third-order valence-corrected chi connectivity index (χ3v) is 5.70. The molecule has 156 valence electrons. The minimum Gasteiger partial charge on any atom is -0.459 e. The highest BCUT2D eigenvalue weighted by Crippen LogP contribution is 2.47. The SMILES string of the molecule is CCO[C@H]1OC(C(=O)NCc2nc3ccccc3[nH]2)=C[C@@H](C2CC2)[C@@H]1CCCO. The Balaban J connectivity index is 1.45. The number of ether oxygens (including phenoxy) is 2. The van der Waals surface area contributed by atoms with Gasteiger partial charge in [-0.1, -0.05) is 12.1 Å². The molecule has 7 nitrogen and oxygen atoms in total. The van der Waals surface area contributed by atoms with E-state index in [1.54, 1.807) is 0 Å². The van der Waals surface area contributed by atoms with Crippen LogP contribution in [0.4, 0.5) is 0 Å². The second-order valence-electron chi connectivity index (χ2n) is 7.80. The van der Waals surface area contributed by atoms with Gasteiger partial charge in [-0.25, -0.2) is 4.98 Å². The van der Waals surface area contributed by atoms with Crippen molar-refractivity contribution in [2.75, 3.05) is 13.2 Å². The number of nitrogens with zero attached hydrogens (tertiary/aromatic N) is 1. The second-order valence-corrected chi connectivity index (χ2v) is 7.80. The molecule has 1 amide bonds. The van der Waals surface area contributed by atoms with E-state index in [9.17, 15) is 9.90 Å². The van der Waals surface area contributed by atoms with Crippen LogP contribution < -0.4 is 5.32 Å². The first kappa shape index (κ1) is 19.9. The maximum Gasteiger partial charge on any atom is 0.286 e. The number of allylic oxidation sites excluding steroid dienone is 1. The number of hydrogen-bond donors (Lipinski definition) is 3. The standard InChI is InChI=1S/C22H29N3O4/c1-2-28-22-15(6-5-11-26)16(14-9-10-14)12-19(29-22)21(27)23-13-20-24-17-7-3-4-8-18(17)25-20/h3-4,7-8,12,14-16,22,26H,2,5-6,9-11,13H2,1H3,(H,23,27)(H,24,25)/t15-,16-,22-/m0/s1. The van der Waals surface area contributed by atoms with E-state index < -0.39 is 6.29 Å². The summed E-state index contributed by atoms with van der Waals surface area (Å²) in [5.41, 5.74) is 1.82. The summed E-state index contributed by atoms with van der Waals surface area (Å²) in [6.45, 7) is 2.90. The van der Waals surface area contributed by atoms with Crippen LogP contribution in [0, 0.1) is 17.8 Å². The predicted octanol–water partition coefficient (Wildman–Crippen LogP) is 2.87. The van der Waals surface area contributed by atoms with Gasteiger partial charge < -0.3 is 24.9 Å². The largest absolute Gasteiger partial charge is 0.459 e. The average Bonchev–Trinajstić information content (AvgIpc) is 3.49. The Morgan fingerprint density at radius 1 is 1.38 bits per heavy atom. The first-order valence-corrected chi connectivity index (χ1v) is 10.5. The molecule has 1 aliphatic heterocycles. The van der Waals surface area contributed by atoms with Crippen molar-refractivity contribution in [3.63, 3.8) is 0 Å². The van der Waals surface area contributed by atoms with E-state index >= 15 is 0 Å². The van der Waals surface area contributed by atoms with E-state index in [2.05, 4.69) is 15.3 Å². The summed E-state index contributed by atoms with van der Waals surface area (Å²) in [4.78, 5) is 20.5. The molecular formula is C22H29N3O4. The quantitative estimate of drug-likeness (QED) is 0.603. The molecule has 0 spiro atoms. The molecule has 1 aromatic heterocycles. The minimum absolute atomic E-state index is 0.154. The van der Waals surface area contributed by atoms with Gasteiger partial charge in [0.05, 0.1) is 17.6 Å². The molecule has 0 saturated heterocycles. The minimum atomic E-state index is -0.450. The predicted molar refractivity (Wildman–Crippen MR) is 109 cm³/mol. The zero-order valence-electron chi connectivity index (χ0n) is 16.8. The van der Waals surface area contributed by atoms with E-state index in [0.717, 1.165) is 17.5 Å². The molecule has 3 N–H and O–H groups in total. The molecule has 2 heterocycles. The number of aromatic amines is 1. The number of aliphatic hydroxyl groups is 1. The summed E-state index contributed by atoms with van der Waals surface area (Å²) in [6.07, 6.45) is 5.40. The average molecular weight is 399 g/mol. The van der Waals surface area contributed by atoms with Gasteiger partial charge in [-0.05, 0) is 62.7 Å². The molecule has 3 atom stereocenters. The number of carbonyl (C=O) groups excluding carboxylic acids is 1.